The minimum atomic E-state index is 0.186. The number of thioether (sulfide) groups is 1. The molecule has 3 aromatic rings. The SMILES string of the molecule is CCCCSc1nc(N=Cc2ccccc2O)c2cn[nH]c2n1. The highest BCUT2D eigenvalue weighted by atomic mass is 32.2. The standard InChI is InChI=1S/C16H17N5OS/c1-2-3-8-23-16-19-14(12-10-18-21-15(12)20-16)17-9-11-6-4-5-7-13(11)22/h4-7,9-10,22H,2-3,8H2,1H3,(H,18,19,20,21). The second-order valence-electron chi connectivity index (χ2n) is 4.98. The van der Waals surface area contributed by atoms with Crippen molar-refractivity contribution in [3.63, 3.8) is 0 Å². The lowest BCUT2D eigenvalue weighted by Gasteiger charge is -2.02. The van der Waals surface area contributed by atoms with Crippen LogP contribution < -0.4 is 0 Å². The van der Waals surface area contributed by atoms with Crippen LogP contribution in [0, 0.1) is 0 Å². The molecule has 0 aliphatic carbocycles. The molecule has 0 fully saturated rings. The zero-order valence-corrected chi connectivity index (χ0v) is 13.5. The van der Waals surface area contributed by atoms with Gasteiger partial charge in [0.05, 0.1) is 11.6 Å². The summed E-state index contributed by atoms with van der Waals surface area (Å²) in [6.07, 6.45) is 5.51. The number of nitrogens with one attached hydrogen (secondary N) is 1. The molecule has 1 aromatic carbocycles. The maximum absolute atomic E-state index is 9.81. The van der Waals surface area contributed by atoms with Gasteiger partial charge in [-0.15, -0.1) is 0 Å². The topological polar surface area (TPSA) is 87.0 Å². The Morgan fingerprint density at radius 3 is 3.00 bits per heavy atom. The van der Waals surface area contributed by atoms with E-state index in [-0.39, 0.29) is 5.75 Å². The van der Waals surface area contributed by atoms with Gasteiger partial charge in [-0.25, -0.2) is 15.0 Å². The van der Waals surface area contributed by atoms with Crippen molar-refractivity contribution >= 4 is 34.8 Å². The van der Waals surface area contributed by atoms with E-state index < -0.39 is 0 Å². The lowest BCUT2D eigenvalue weighted by Crippen LogP contribution is -1.91. The van der Waals surface area contributed by atoms with E-state index in [4.69, 9.17) is 0 Å². The highest BCUT2D eigenvalue weighted by Gasteiger charge is 2.09. The Morgan fingerprint density at radius 2 is 2.17 bits per heavy atom. The number of fused-ring (bicyclic) bond motifs is 1. The van der Waals surface area contributed by atoms with Crippen LogP contribution in [0.4, 0.5) is 5.82 Å². The van der Waals surface area contributed by atoms with Gasteiger partial charge < -0.3 is 5.11 Å². The van der Waals surface area contributed by atoms with E-state index in [1.54, 1.807) is 42.4 Å². The number of nitrogens with zero attached hydrogens (tertiary/aromatic N) is 4. The van der Waals surface area contributed by atoms with Crippen LogP contribution in [0.25, 0.3) is 11.0 Å². The molecule has 2 N–H and O–H groups in total. The summed E-state index contributed by atoms with van der Waals surface area (Å²) >= 11 is 1.61. The number of unbranched alkanes of at least 4 members (excludes halogenated alkanes) is 1. The Hall–Kier alpha value is -2.41. The van der Waals surface area contributed by atoms with Gasteiger partial charge in [0.25, 0.3) is 0 Å². The van der Waals surface area contributed by atoms with Crippen molar-refractivity contribution < 1.29 is 5.11 Å². The molecule has 23 heavy (non-hydrogen) atoms. The van der Waals surface area contributed by atoms with Gasteiger partial charge in [0.1, 0.15) is 5.75 Å². The molecule has 0 saturated carbocycles. The molecule has 0 bridgehead atoms. The third-order valence-electron chi connectivity index (χ3n) is 3.26. The molecule has 0 saturated heterocycles. The molecule has 118 valence electrons. The molecular formula is C16H17N5OS. The molecule has 7 heteroatoms. The van der Waals surface area contributed by atoms with E-state index in [0.29, 0.717) is 22.2 Å². The van der Waals surface area contributed by atoms with Gasteiger partial charge in [-0.2, -0.15) is 5.10 Å². The molecule has 0 aliphatic rings. The zero-order valence-electron chi connectivity index (χ0n) is 12.7. The predicted octanol–water partition coefficient (Wildman–Crippen LogP) is 3.70. The van der Waals surface area contributed by atoms with Crippen LogP contribution in [0.2, 0.25) is 0 Å². The Labute approximate surface area is 138 Å². The molecule has 2 heterocycles. The number of H-pyrrole nitrogens is 1. The summed E-state index contributed by atoms with van der Waals surface area (Å²) in [5.74, 6) is 1.70. The first-order valence-electron chi connectivity index (χ1n) is 7.44. The monoisotopic (exact) mass is 327 g/mol. The van der Waals surface area contributed by atoms with Gasteiger partial charge >= 0.3 is 0 Å². The lowest BCUT2D eigenvalue weighted by atomic mass is 10.2. The van der Waals surface area contributed by atoms with E-state index in [1.807, 2.05) is 6.07 Å². The van der Waals surface area contributed by atoms with E-state index in [2.05, 4.69) is 32.1 Å². The number of phenolic OH excluding ortho intramolecular Hbond substituents is 1. The van der Waals surface area contributed by atoms with Crippen LogP contribution in [-0.2, 0) is 0 Å². The summed E-state index contributed by atoms with van der Waals surface area (Å²) < 4.78 is 0. The quantitative estimate of drug-likeness (QED) is 0.312. The van der Waals surface area contributed by atoms with Crippen molar-refractivity contribution in [1.82, 2.24) is 20.2 Å². The van der Waals surface area contributed by atoms with Crippen LogP contribution >= 0.6 is 11.8 Å². The van der Waals surface area contributed by atoms with Crippen molar-refractivity contribution in [3.05, 3.63) is 36.0 Å². The number of aromatic amines is 1. The number of para-hydroxylation sites is 1. The zero-order chi connectivity index (χ0) is 16.1. The van der Waals surface area contributed by atoms with Crippen LogP contribution in [-0.4, -0.2) is 37.2 Å². The van der Waals surface area contributed by atoms with E-state index in [1.165, 1.54) is 0 Å². The van der Waals surface area contributed by atoms with Gasteiger partial charge in [-0.05, 0) is 18.6 Å². The number of aliphatic imine (C=N–C) groups is 1. The summed E-state index contributed by atoms with van der Waals surface area (Å²) in [7, 11) is 0. The van der Waals surface area contributed by atoms with Crippen LogP contribution in [0.3, 0.4) is 0 Å². The molecule has 0 spiro atoms. The Morgan fingerprint density at radius 1 is 1.30 bits per heavy atom. The number of rotatable bonds is 6. The number of aromatic hydroxyl groups is 1. The van der Waals surface area contributed by atoms with Crippen LogP contribution in [0.5, 0.6) is 5.75 Å². The summed E-state index contributed by atoms with van der Waals surface area (Å²) in [5, 5.41) is 18.1. The maximum atomic E-state index is 9.81. The van der Waals surface area contributed by atoms with Crippen molar-refractivity contribution in [2.75, 3.05) is 5.75 Å². The average molecular weight is 327 g/mol. The van der Waals surface area contributed by atoms with Gasteiger partial charge in [-0.1, -0.05) is 37.2 Å². The van der Waals surface area contributed by atoms with Gasteiger partial charge in [0, 0.05) is 17.5 Å². The van der Waals surface area contributed by atoms with E-state index >= 15 is 0 Å². The summed E-state index contributed by atoms with van der Waals surface area (Å²) in [6.45, 7) is 2.15. The molecular weight excluding hydrogens is 310 g/mol. The summed E-state index contributed by atoms with van der Waals surface area (Å²) in [5.41, 5.74) is 1.31. The normalized spacial score (nSPS) is 11.5. The fraction of sp³-hybridized carbons (Fsp3) is 0.250. The molecule has 2 aromatic heterocycles. The van der Waals surface area contributed by atoms with Crippen molar-refractivity contribution in [2.24, 2.45) is 4.99 Å². The largest absolute Gasteiger partial charge is 0.507 e. The first kappa shape index (κ1) is 15.5. The van der Waals surface area contributed by atoms with Crippen molar-refractivity contribution in [3.8, 4) is 5.75 Å². The maximum Gasteiger partial charge on any atom is 0.191 e. The van der Waals surface area contributed by atoms with E-state index in [0.717, 1.165) is 24.0 Å². The van der Waals surface area contributed by atoms with Crippen molar-refractivity contribution in [2.45, 2.75) is 24.9 Å². The average Bonchev–Trinajstić information content (AvgIpc) is 3.03. The first-order valence-corrected chi connectivity index (χ1v) is 8.42. The fourth-order valence-electron chi connectivity index (χ4n) is 2.00. The Balaban J connectivity index is 1.92. The third-order valence-corrected chi connectivity index (χ3v) is 4.19. The van der Waals surface area contributed by atoms with Crippen LogP contribution in [0.15, 0.2) is 40.6 Å². The minimum absolute atomic E-state index is 0.186. The predicted molar refractivity (Wildman–Crippen MR) is 92.7 cm³/mol. The molecule has 0 unspecified atom stereocenters. The number of hydrogen-bond acceptors (Lipinski definition) is 6. The third kappa shape index (κ3) is 3.68. The number of phenols is 1. The van der Waals surface area contributed by atoms with Gasteiger partial charge in [0.2, 0.25) is 0 Å². The van der Waals surface area contributed by atoms with Crippen LogP contribution in [0.1, 0.15) is 25.3 Å². The number of benzene rings is 1. The lowest BCUT2D eigenvalue weighted by molar-refractivity contribution is 0.474. The number of hydrogen-bond donors (Lipinski definition) is 2. The molecule has 3 rings (SSSR count). The second-order valence-corrected chi connectivity index (χ2v) is 6.04. The summed E-state index contributed by atoms with van der Waals surface area (Å²) in [6, 6.07) is 7.04. The van der Waals surface area contributed by atoms with Gasteiger partial charge in [0.15, 0.2) is 16.6 Å². The molecule has 0 atom stereocenters. The summed E-state index contributed by atoms with van der Waals surface area (Å²) in [4.78, 5) is 13.4. The number of aromatic nitrogens is 4. The fourth-order valence-corrected chi connectivity index (χ4v) is 2.92. The molecule has 0 amide bonds. The Kier molecular flexibility index (Phi) is 4.87. The highest BCUT2D eigenvalue weighted by Crippen LogP contribution is 2.26. The molecule has 0 radical (unpaired) electrons. The van der Waals surface area contributed by atoms with E-state index in [9.17, 15) is 5.11 Å². The second kappa shape index (κ2) is 7.23. The molecule has 6 nitrogen and oxygen atoms in total. The minimum Gasteiger partial charge on any atom is -0.507 e. The smallest absolute Gasteiger partial charge is 0.191 e. The van der Waals surface area contributed by atoms with Gasteiger partial charge in [-0.3, -0.25) is 5.10 Å². The molecule has 0 aliphatic heterocycles. The highest BCUT2D eigenvalue weighted by molar-refractivity contribution is 7.99. The Bertz CT molecular complexity index is 830. The van der Waals surface area contributed by atoms with Crippen molar-refractivity contribution in [1.29, 1.82) is 0 Å². The first-order chi connectivity index (χ1) is 11.3.